The minimum atomic E-state index is 0.774. The first kappa shape index (κ1) is 9.48. The Balaban J connectivity index is 2.10. The molecule has 2 rings (SSSR count). The molecule has 3 nitrogen and oxygen atoms in total. The van der Waals surface area contributed by atoms with E-state index in [1.807, 2.05) is 29.9 Å². The van der Waals surface area contributed by atoms with Gasteiger partial charge in [-0.1, -0.05) is 17.8 Å². The van der Waals surface area contributed by atoms with Crippen LogP contribution in [0.15, 0.2) is 22.7 Å². The van der Waals surface area contributed by atoms with Crippen molar-refractivity contribution in [1.29, 1.82) is 0 Å². The van der Waals surface area contributed by atoms with Crippen LogP contribution in [0.4, 0.5) is 0 Å². The third kappa shape index (κ3) is 2.24. The molecule has 1 N–H and O–H groups in total. The monoisotopic (exact) mass is 223 g/mol. The number of thioether (sulfide) groups is 1. The summed E-state index contributed by atoms with van der Waals surface area (Å²) in [5, 5.41) is 9.69. The first-order chi connectivity index (χ1) is 6.88. The minimum Gasteiger partial charge on any atom is -0.259 e. The Hall–Kier alpha value is -1.07. The van der Waals surface area contributed by atoms with Gasteiger partial charge < -0.3 is 0 Å². The van der Waals surface area contributed by atoms with Crippen LogP contribution in [0.25, 0.3) is 12.2 Å². The fourth-order valence-corrected chi connectivity index (χ4v) is 1.92. The lowest BCUT2D eigenvalue weighted by molar-refractivity contribution is 0.975. The molecule has 0 fully saturated rings. The van der Waals surface area contributed by atoms with E-state index in [4.69, 9.17) is 0 Å². The number of hydrogen-bond donors (Lipinski definition) is 1. The van der Waals surface area contributed by atoms with Crippen LogP contribution in [-0.4, -0.2) is 21.4 Å². The van der Waals surface area contributed by atoms with Crippen LogP contribution in [0.1, 0.15) is 10.7 Å². The van der Waals surface area contributed by atoms with Crippen molar-refractivity contribution in [3.8, 4) is 0 Å². The molecule has 0 bridgehead atoms. The van der Waals surface area contributed by atoms with Crippen molar-refractivity contribution in [2.75, 3.05) is 6.26 Å². The summed E-state index contributed by atoms with van der Waals surface area (Å²) >= 11 is 3.23. The molecular weight excluding hydrogens is 214 g/mol. The molecule has 0 saturated carbocycles. The normalized spacial score (nSPS) is 11.2. The van der Waals surface area contributed by atoms with E-state index in [-0.39, 0.29) is 0 Å². The molecule has 2 aromatic rings. The first-order valence-electron chi connectivity index (χ1n) is 4.06. The molecular formula is C9H9N3S2. The fraction of sp³-hybridized carbons (Fsp3) is 0.111. The average molecular weight is 223 g/mol. The summed E-state index contributed by atoms with van der Waals surface area (Å²) in [7, 11) is 0. The van der Waals surface area contributed by atoms with E-state index in [9.17, 15) is 0 Å². The molecule has 0 radical (unpaired) electrons. The first-order valence-corrected chi connectivity index (χ1v) is 6.17. The van der Waals surface area contributed by atoms with E-state index in [1.165, 1.54) is 16.6 Å². The zero-order chi connectivity index (χ0) is 9.80. The smallest absolute Gasteiger partial charge is 0.208 e. The molecule has 0 aliphatic carbocycles. The summed E-state index contributed by atoms with van der Waals surface area (Å²) in [6.45, 7) is 0. The number of hydrogen-bond acceptors (Lipinski definition) is 4. The number of nitrogens with zero attached hydrogens (tertiary/aromatic N) is 2. The lowest BCUT2D eigenvalue weighted by Crippen LogP contribution is -1.73. The maximum atomic E-state index is 4.24. The number of thiophene rings is 1. The highest BCUT2D eigenvalue weighted by Crippen LogP contribution is 2.13. The van der Waals surface area contributed by atoms with Gasteiger partial charge in [-0.25, -0.2) is 4.98 Å². The molecule has 0 atom stereocenters. The van der Waals surface area contributed by atoms with Gasteiger partial charge in [-0.15, -0.1) is 16.4 Å². The van der Waals surface area contributed by atoms with Crippen molar-refractivity contribution >= 4 is 35.3 Å². The second-order valence-electron chi connectivity index (χ2n) is 2.56. The third-order valence-corrected chi connectivity index (χ3v) is 3.00. The van der Waals surface area contributed by atoms with Crippen LogP contribution in [0.3, 0.4) is 0 Å². The molecule has 14 heavy (non-hydrogen) atoms. The largest absolute Gasteiger partial charge is 0.259 e. The van der Waals surface area contributed by atoms with Crippen molar-refractivity contribution in [3.05, 3.63) is 28.2 Å². The summed E-state index contributed by atoms with van der Waals surface area (Å²) in [5.74, 6) is 0.794. The Bertz CT molecular complexity index is 417. The molecule has 0 spiro atoms. The Morgan fingerprint density at radius 3 is 3.07 bits per heavy atom. The second kappa shape index (κ2) is 4.43. The molecule has 72 valence electrons. The highest BCUT2D eigenvalue weighted by atomic mass is 32.2. The second-order valence-corrected chi connectivity index (χ2v) is 4.31. The summed E-state index contributed by atoms with van der Waals surface area (Å²) in [6, 6.07) is 4.09. The maximum absolute atomic E-state index is 4.24. The third-order valence-electron chi connectivity index (χ3n) is 1.61. The van der Waals surface area contributed by atoms with Crippen LogP contribution in [-0.2, 0) is 0 Å². The Morgan fingerprint density at radius 2 is 2.43 bits per heavy atom. The number of rotatable bonds is 3. The maximum Gasteiger partial charge on any atom is 0.208 e. The lowest BCUT2D eigenvalue weighted by atomic mass is 10.4. The molecule has 5 heteroatoms. The minimum absolute atomic E-state index is 0.774. The predicted molar refractivity (Wildman–Crippen MR) is 61.4 cm³/mol. The lowest BCUT2D eigenvalue weighted by Gasteiger charge is -1.82. The summed E-state index contributed by atoms with van der Waals surface area (Å²) in [4.78, 5) is 5.46. The Kier molecular flexibility index (Phi) is 3.00. The molecule has 0 aromatic carbocycles. The van der Waals surface area contributed by atoms with Crippen molar-refractivity contribution in [2.45, 2.75) is 5.16 Å². The van der Waals surface area contributed by atoms with Gasteiger partial charge in [0.2, 0.25) is 5.16 Å². The van der Waals surface area contributed by atoms with Gasteiger partial charge in [0, 0.05) is 4.88 Å². The molecule has 2 aromatic heterocycles. The number of aromatic amines is 1. The highest BCUT2D eigenvalue weighted by Gasteiger charge is 1.96. The Labute approximate surface area is 90.3 Å². The standard InChI is InChI=1S/C9H9N3S2/c1-13-9-10-8(11-12-9)5-4-7-3-2-6-14-7/h2-6H,1H3,(H,10,11,12)/b5-4+. The molecule has 0 aliphatic heterocycles. The van der Waals surface area contributed by atoms with E-state index < -0.39 is 0 Å². The van der Waals surface area contributed by atoms with Crippen LogP contribution >= 0.6 is 23.1 Å². The number of H-pyrrole nitrogens is 1. The van der Waals surface area contributed by atoms with Crippen molar-refractivity contribution < 1.29 is 0 Å². The van der Waals surface area contributed by atoms with Gasteiger partial charge in [-0.05, 0) is 29.9 Å². The van der Waals surface area contributed by atoms with Gasteiger partial charge >= 0.3 is 0 Å². The topological polar surface area (TPSA) is 41.6 Å². The Morgan fingerprint density at radius 1 is 1.50 bits per heavy atom. The molecule has 0 unspecified atom stereocenters. The van der Waals surface area contributed by atoms with E-state index in [0.29, 0.717) is 0 Å². The summed E-state index contributed by atoms with van der Waals surface area (Å²) in [5.41, 5.74) is 0. The number of nitrogens with one attached hydrogen (secondary N) is 1. The zero-order valence-electron chi connectivity index (χ0n) is 7.60. The number of aromatic nitrogens is 3. The zero-order valence-corrected chi connectivity index (χ0v) is 9.23. The van der Waals surface area contributed by atoms with E-state index >= 15 is 0 Å². The van der Waals surface area contributed by atoms with Crippen LogP contribution in [0.2, 0.25) is 0 Å². The SMILES string of the molecule is CSc1n[nH]c(/C=C/c2cccs2)n1. The van der Waals surface area contributed by atoms with Gasteiger partial charge in [-0.2, -0.15) is 0 Å². The van der Waals surface area contributed by atoms with Gasteiger partial charge in [0.05, 0.1) is 0 Å². The van der Waals surface area contributed by atoms with Crippen LogP contribution < -0.4 is 0 Å². The van der Waals surface area contributed by atoms with Gasteiger partial charge in [0.15, 0.2) is 0 Å². The summed E-state index contributed by atoms with van der Waals surface area (Å²) < 4.78 is 0. The fourth-order valence-electron chi connectivity index (χ4n) is 0.971. The van der Waals surface area contributed by atoms with E-state index in [1.54, 1.807) is 11.3 Å². The molecule has 0 aliphatic rings. The van der Waals surface area contributed by atoms with Crippen molar-refractivity contribution in [2.24, 2.45) is 0 Å². The van der Waals surface area contributed by atoms with E-state index in [2.05, 4.69) is 21.2 Å². The van der Waals surface area contributed by atoms with Crippen molar-refractivity contribution in [3.63, 3.8) is 0 Å². The van der Waals surface area contributed by atoms with Gasteiger partial charge in [-0.3, -0.25) is 5.10 Å². The van der Waals surface area contributed by atoms with Gasteiger partial charge in [0.25, 0.3) is 0 Å². The van der Waals surface area contributed by atoms with Crippen LogP contribution in [0.5, 0.6) is 0 Å². The predicted octanol–water partition coefficient (Wildman–Crippen LogP) is 2.76. The van der Waals surface area contributed by atoms with Crippen molar-refractivity contribution in [1.82, 2.24) is 15.2 Å². The average Bonchev–Trinajstić information content (AvgIpc) is 2.86. The molecule has 0 saturated heterocycles. The molecule has 0 amide bonds. The highest BCUT2D eigenvalue weighted by molar-refractivity contribution is 7.98. The quantitative estimate of drug-likeness (QED) is 0.813. The van der Waals surface area contributed by atoms with E-state index in [0.717, 1.165) is 11.0 Å². The van der Waals surface area contributed by atoms with Gasteiger partial charge in [0.1, 0.15) is 5.82 Å². The van der Waals surface area contributed by atoms with Crippen LogP contribution in [0, 0.1) is 0 Å². The summed E-state index contributed by atoms with van der Waals surface area (Å²) in [6.07, 6.45) is 5.91. The molecule has 2 heterocycles.